The number of hydrogen-bond donors (Lipinski definition) is 0. The molecule has 0 bridgehead atoms. The first-order valence-corrected chi connectivity index (χ1v) is 4.48. The van der Waals surface area contributed by atoms with E-state index in [1.807, 2.05) is 6.07 Å². The Morgan fingerprint density at radius 2 is 2.06 bits per heavy atom. The summed E-state index contributed by atoms with van der Waals surface area (Å²) < 4.78 is 37.9. The molecule has 7 heteroatoms. The van der Waals surface area contributed by atoms with Crippen molar-refractivity contribution >= 4 is 5.82 Å². The topological polar surface area (TPSA) is 44.9 Å². The fourth-order valence-electron chi connectivity index (χ4n) is 1.56. The molecule has 88 valence electrons. The Hall–Kier alpha value is -1.71. The second kappa shape index (κ2) is 4.04. The molecule has 0 unspecified atom stereocenters. The van der Waals surface area contributed by atoms with Gasteiger partial charge in [-0.1, -0.05) is 0 Å². The zero-order chi connectivity index (χ0) is 12.5. The molecule has 1 aromatic rings. The molecule has 0 amide bonds. The van der Waals surface area contributed by atoms with Crippen LogP contribution in [-0.4, -0.2) is 29.5 Å². The van der Waals surface area contributed by atoms with Gasteiger partial charge in [0.05, 0.1) is 5.69 Å². The van der Waals surface area contributed by atoms with Gasteiger partial charge in [0.1, 0.15) is 24.0 Å². The molecule has 4 nitrogen and oxygen atoms in total. The molecule has 0 spiro atoms. The lowest BCUT2D eigenvalue weighted by molar-refractivity contribution is -0.119. The van der Waals surface area contributed by atoms with E-state index in [-0.39, 0.29) is 11.4 Å². The summed E-state index contributed by atoms with van der Waals surface area (Å²) in [5.41, 5.74) is 0.600. The van der Waals surface area contributed by atoms with Gasteiger partial charge in [-0.05, 0) is 6.92 Å². The van der Waals surface area contributed by atoms with Crippen LogP contribution in [0.15, 0.2) is 0 Å². The molecule has 1 heterocycles. The van der Waals surface area contributed by atoms with Crippen LogP contribution in [0, 0.1) is 18.3 Å². The SMILES string of the molecule is Cc1nn(C)c(N(C)CC(F)(F)F)c1C#N. The number of nitriles is 1. The molecule has 0 aliphatic rings. The number of aromatic nitrogens is 2. The highest BCUT2D eigenvalue weighted by molar-refractivity contribution is 5.56. The highest BCUT2D eigenvalue weighted by Crippen LogP contribution is 2.24. The van der Waals surface area contributed by atoms with E-state index in [1.165, 1.54) is 18.8 Å². The first-order valence-electron chi connectivity index (χ1n) is 4.48. The lowest BCUT2D eigenvalue weighted by Gasteiger charge is -2.20. The van der Waals surface area contributed by atoms with Crippen LogP contribution in [0.1, 0.15) is 11.3 Å². The molecule has 0 atom stereocenters. The lowest BCUT2D eigenvalue weighted by atomic mass is 10.2. The maximum Gasteiger partial charge on any atom is 0.405 e. The Bertz CT molecular complexity index is 427. The van der Waals surface area contributed by atoms with Gasteiger partial charge in [-0.3, -0.25) is 4.68 Å². The number of halogens is 3. The highest BCUT2D eigenvalue weighted by atomic mass is 19.4. The predicted molar refractivity (Wildman–Crippen MR) is 52.0 cm³/mol. The van der Waals surface area contributed by atoms with Crippen molar-refractivity contribution in [3.05, 3.63) is 11.3 Å². The van der Waals surface area contributed by atoms with Gasteiger partial charge >= 0.3 is 6.18 Å². The first kappa shape index (κ1) is 12.4. The predicted octanol–water partition coefficient (Wildman–Crippen LogP) is 1.60. The Kier molecular flexibility index (Phi) is 3.12. The van der Waals surface area contributed by atoms with Gasteiger partial charge in [-0.15, -0.1) is 0 Å². The fourth-order valence-corrected chi connectivity index (χ4v) is 1.56. The smallest absolute Gasteiger partial charge is 0.350 e. The Morgan fingerprint density at radius 3 is 2.50 bits per heavy atom. The zero-order valence-corrected chi connectivity index (χ0v) is 9.13. The van der Waals surface area contributed by atoms with Crippen molar-refractivity contribution in [3.8, 4) is 6.07 Å². The van der Waals surface area contributed by atoms with Gasteiger partial charge in [0.2, 0.25) is 0 Å². The largest absolute Gasteiger partial charge is 0.405 e. The molecular weight excluding hydrogens is 221 g/mol. The maximum absolute atomic E-state index is 12.2. The van der Waals surface area contributed by atoms with E-state index < -0.39 is 12.7 Å². The van der Waals surface area contributed by atoms with E-state index in [2.05, 4.69) is 5.10 Å². The molecule has 0 fully saturated rings. The average molecular weight is 232 g/mol. The first-order chi connectivity index (χ1) is 7.26. The van der Waals surface area contributed by atoms with E-state index in [1.54, 1.807) is 6.92 Å². The number of aryl methyl sites for hydroxylation is 2. The molecule has 0 aliphatic carbocycles. The molecule has 1 aromatic heterocycles. The molecular formula is C9H11F3N4. The molecule has 0 radical (unpaired) electrons. The average Bonchev–Trinajstić information content (AvgIpc) is 2.37. The van der Waals surface area contributed by atoms with Crippen LogP contribution in [0.3, 0.4) is 0 Å². The third kappa shape index (κ3) is 2.45. The molecule has 0 aliphatic heterocycles. The Balaban J connectivity index is 3.09. The van der Waals surface area contributed by atoms with Crippen LogP contribution >= 0.6 is 0 Å². The van der Waals surface area contributed by atoms with Crippen LogP contribution in [0.4, 0.5) is 19.0 Å². The van der Waals surface area contributed by atoms with Crippen molar-refractivity contribution in [1.82, 2.24) is 9.78 Å². The van der Waals surface area contributed by atoms with Gasteiger partial charge < -0.3 is 4.90 Å². The lowest BCUT2D eigenvalue weighted by Crippen LogP contribution is -2.32. The van der Waals surface area contributed by atoms with E-state index in [0.717, 1.165) is 4.90 Å². The monoisotopic (exact) mass is 232 g/mol. The third-order valence-electron chi connectivity index (χ3n) is 2.08. The molecule has 16 heavy (non-hydrogen) atoms. The summed E-state index contributed by atoms with van der Waals surface area (Å²) in [6, 6.07) is 1.86. The summed E-state index contributed by atoms with van der Waals surface area (Å²) in [4.78, 5) is 0.971. The molecule has 0 aromatic carbocycles. The Labute approximate surface area is 90.9 Å². The Morgan fingerprint density at radius 1 is 1.50 bits per heavy atom. The van der Waals surface area contributed by atoms with E-state index in [4.69, 9.17) is 5.26 Å². The minimum atomic E-state index is -4.31. The van der Waals surface area contributed by atoms with E-state index in [9.17, 15) is 13.2 Å². The fraction of sp³-hybridized carbons (Fsp3) is 0.556. The van der Waals surface area contributed by atoms with Crippen molar-refractivity contribution in [3.63, 3.8) is 0 Å². The maximum atomic E-state index is 12.2. The van der Waals surface area contributed by atoms with Crippen LogP contribution in [-0.2, 0) is 7.05 Å². The molecule has 0 N–H and O–H groups in total. The van der Waals surface area contributed by atoms with Crippen molar-refractivity contribution in [2.24, 2.45) is 7.05 Å². The highest BCUT2D eigenvalue weighted by Gasteiger charge is 2.31. The number of rotatable bonds is 2. The number of hydrogen-bond acceptors (Lipinski definition) is 3. The van der Waals surface area contributed by atoms with Gasteiger partial charge in [-0.25, -0.2) is 0 Å². The molecule has 0 saturated carbocycles. The van der Waals surface area contributed by atoms with Crippen molar-refractivity contribution in [1.29, 1.82) is 5.26 Å². The molecule has 0 saturated heterocycles. The normalized spacial score (nSPS) is 11.3. The zero-order valence-electron chi connectivity index (χ0n) is 9.13. The van der Waals surface area contributed by atoms with Crippen LogP contribution in [0.2, 0.25) is 0 Å². The minimum absolute atomic E-state index is 0.175. The minimum Gasteiger partial charge on any atom is -0.350 e. The third-order valence-corrected chi connectivity index (χ3v) is 2.08. The van der Waals surface area contributed by atoms with E-state index in [0.29, 0.717) is 5.69 Å². The van der Waals surface area contributed by atoms with Gasteiger partial charge in [0.25, 0.3) is 0 Å². The van der Waals surface area contributed by atoms with Gasteiger partial charge in [-0.2, -0.15) is 23.5 Å². The summed E-state index contributed by atoms with van der Waals surface area (Å²) in [5, 5.41) is 12.8. The number of nitrogens with zero attached hydrogens (tertiary/aromatic N) is 4. The quantitative estimate of drug-likeness (QED) is 0.778. The second-order valence-electron chi connectivity index (χ2n) is 3.49. The number of anilines is 1. The standard InChI is InChI=1S/C9H11F3N4/c1-6-7(4-13)8(16(3)14-6)15(2)5-9(10,11)12/h5H2,1-3H3. The van der Waals surface area contributed by atoms with Crippen LogP contribution in [0.25, 0.3) is 0 Å². The van der Waals surface area contributed by atoms with Crippen LogP contribution in [0.5, 0.6) is 0 Å². The van der Waals surface area contributed by atoms with Crippen molar-refractivity contribution in [2.45, 2.75) is 13.1 Å². The van der Waals surface area contributed by atoms with Gasteiger partial charge in [0.15, 0.2) is 0 Å². The summed E-state index contributed by atoms with van der Waals surface area (Å²) in [7, 11) is 2.79. The van der Waals surface area contributed by atoms with Crippen molar-refractivity contribution < 1.29 is 13.2 Å². The summed E-state index contributed by atoms with van der Waals surface area (Å²) in [6.45, 7) is 0.476. The second-order valence-corrected chi connectivity index (χ2v) is 3.49. The summed E-state index contributed by atoms with van der Waals surface area (Å²) in [5.74, 6) is 0.178. The summed E-state index contributed by atoms with van der Waals surface area (Å²) >= 11 is 0. The summed E-state index contributed by atoms with van der Waals surface area (Å²) in [6.07, 6.45) is -4.31. The number of alkyl halides is 3. The molecule has 1 rings (SSSR count). The van der Waals surface area contributed by atoms with E-state index >= 15 is 0 Å². The van der Waals surface area contributed by atoms with Crippen molar-refractivity contribution in [2.75, 3.05) is 18.5 Å². The van der Waals surface area contributed by atoms with Crippen LogP contribution < -0.4 is 4.90 Å². The van der Waals surface area contributed by atoms with Gasteiger partial charge in [0, 0.05) is 14.1 Å².